The molecule has 2 aromatic carbocycles. The van der Waals surface area contributed by atoms with Crippen LogP contribution >= 0.6 is 11.8 Å². The van der Waals surface area contributed by atoms with Crippen molar-refractivity contribution in [2.75, 3.05) is 11.1 Å². The normalized spacial score (nSPS) is 12.6. The van der Waals surface area contributed by atoms with Gasteiger partial charge in [-0.1, -0.05) is 36.0 Å². The maximum Gasteiger partial charge on any atom is 0.417 e. The number of aromatic nitrogens is 1. The molecule has 170 valence electrons. The number of nitrogens with zero attached hydrogens (tertiary/aromatic N) is 2. The Bertz CT molecular complexity index is 1410. The topological polar surface area (TPSA) is 99.9 Å². The molecule has 0 aliphatic heterocycles. The van der Waals surface area contributed by atoms with Crippen LogP contribution in [0.1, 0.15) is 48.7 Å². The Morgan fingerprint density at radius 3 is 2.26 bits per heavy atom. The van der Waals surface area contributed by atoms with Gasteiger partial charge in [-0.05, 0) is 31.2 Å². The van der Waals surface area contributed by atoms with Gasteiger partial charge >= 0.3 is 6.18 Å². The van der Waals surface area contributed by atoms with E-state index < -0.39 is 23.2 Å². The summed E-state index contributed by atoms with van der Waals surface area (Å²) >= 11 is 0.697. The highest BCUT2D eigenvalue weighted by Gasteiger charge is 2.35. The van der Waals surface area contributed by atoms with E-state index >= 15 is 0 Å². The van der Waals surface area contributed by atoms with E-state index in [-0.39, 0.29) is 50.4 Å². The molecule has 0 bridgehead atoms. The molecule has 0 fully saturated rings. The molecule has 3 aromatic rings. The maximum absolute atomic E-state index is 13.3. The molecule has 1 aliphatic carbocycles. The van der Waals surface area contributed by atoms with Gasteiger partial charge in [-0.3, -0.25) is 14.4 Å². The molecule has 1 aromatic heterocycles. The fourth-order valence-electron chi connectivity index (χ4n) is 3.59. The number of fused-ring (bicyclic) bond motifs is 2. The largest absolute Gasteiger partial charge is 0.417 e. The van der Waals surface area contributed by atoms with Crippen LogP contribution in [-0.4, -0.2) is 28.2 Å². The second-order valence-electron chi connectivity index (χ2n) is 7.40. The molecule has 0 spiro atoms. The summed E-state index contributed by atoms with van der Waals surface area (Å²) in [6.45, 7) is 1.37. The third-order valence-corrected chi connectivity index (χ3v) is 6.06. The minimum absolute atomic E-state index is 0.0624. The number of thioether (sulfide) groups is 1. The van der Waals surface area contributed by atoms with Crippen LogP contribution in [0.25, 0.3) is 0 Å². The molecule has 0 saturated carbocycles. The van der Waals surface area contributed by atoms with Gasteiger partial charge in [0.15, 0.2) is 11.6 Å². The van der Waals surface area contributed by atoms with E-state index in [0.29, 0.717) is 17.3 Å². The highest BCUT2D eigenvalue weighted by Crippen LogP contribution is 2.36. The number of halogens is 3. The van der Waals surface area contributed by atoms with Crippen molar-refractivity contribution in [3.63, 3.8) is 0 Å². The first-order valence-electron chi connectivity index (χ1n) is 9.84. The van der Waals surface area contributed by atoms with Gasteiger partial charge in [0.1, 0.15) is 11.1 Å². The van der Waals surface area contributed by atoms with E-state index in [2.05, 4.69) is 10.3 Å². The minimum atomic E-state index is -4.73. The Balaban J connectivity index is 1.53. The second kappa shape index (κ2) is 8.76. The highest BCUT2D eigenvalue weighted by atomic mass is 32.2. The SMILES string of the molecule is Cc1cc(C(F)(F)F)c(C#N)c(SCC(=O)Nc2ccc3c(c2)C(=O)c2ccccc2C3=O)n1. The van der Waals surface area contributed by atoms with E-state index in [0.717, 1.165) is 6.07 Å². The minimum Gasteiger partial charge on any atom is -0.325 e. The number of hydrogen-bond acceptors (Lipinski definition) is 6. The summed E-state index contributed by atoms with van der Waals surface area (Å²) in [7, 11) is 0. The molecule has 6 nitrogen and oxygen atoms in total. The van der Waals surface area contributed by atoms with Crippen LogP contribution in [0.15, 0.2) is 53.6 Å². The molecule has 0 atom stereocenters. The molecule has 0 unspecified atom stereocenters. The summed E-state index contributed by atoms with van der Waals surface area (Å²) in [5.41, 5.74) is -0.490. The number of carbonyl (C=O) groups is 3. The molecule has 10 heteroatoms. The van der Waals surface area contributed by atoms with Crippen LogP contribution in [0.2, 0.25) is 0 Å². The smallest absolute Gasteiger partial charge is 0.325 e. The molecule has 34 heavy (non-hydrogen) atoms. The number of hydrogen-bond donors (Lipinski definition) is 1. The summed E-state index contributed by atoms with van der Waals surface area (Å²) in [6, 6.07) is 13.0. The first-order valence-corrected chi connectivity index (χ1v) is 10.8. The predicted molar refractivity (Wildman–Crippen MR) is 118 cm³/mol. The van der Waals surface area contributed by atoms with Crippen LogP contribution in [0, 0.1) is 18.3 Å². The number of ketones is 2. The zero-order valence-electron chi connectivity index (χ0n) is 17.5. The van der Waals surface area contributed by atoms with Crippen LogP contribution in [0.3, 0.4) is 0 Å². The van der Waals surface area contributed by atoms with Crippen LogP contribution in [0.4, 0.5) is 18.9 Å². The monoisotopic (exact) mass is 481 g/mol. The number of carbonyl (C=O) groups excluding carboxylic acids is 3. The average Bonchev–Trinajstić information content (AvgIpc) is 2.80. The Hall–Kier alpha value is -3.97. The molecule has 1 heterocycles. The number of aryl methyl sites for hydroxylation is 1. The summed E-state index contributed by atoms with van der Waals surface area (Å²) in [4.78, 5) is 41.9. The number of nitriles is 1. The molecule has 1 N–H and O–H groups in total. The second-order valence-corrected chi connectivity index (χ2v) is 8.37. The summed E-state index contributed by atoms with van der Waals surface area (Å²) in [5, 5.41) is 11.6. The Morgan fingerprint density at radius 1 is 1.03 bits per heavy atom. The van der Waals surface area contributed by atoms with Crippen LogP contribution < -0.4 is 5.32 Å². The van der Waals surface area contributed by atoms with Crippen LogP contribution in [-0.2, 0) is 11.0 Å². The maximum atomic E-state index is 13.3. The van der Waals surface area contributed by atoms with E-state index in [4.69, 9.17) is 0 Å². The van der Waals surface area contributed by atoms with Gasteiger partial charge in [0.2, 0.25) is 5.91 Å². The quantitative estimate of drug-likeness (QED) is 0.421. The van der Waals surface area contributed by atoms with E-state index in [1.807, 2.05) is 0 Å². The van der Waals surface area contributed by atoms with Crippen molar-refractivity contribution in [2.45, 2.75) is 18.1 Å². The van der Waals surface area contributed by atoms with Crippen molar-refractivity contribution < 1.29 is 27.6 Å². The Morgan fingerprint density at radius 2 is 1.65 bits per heavy atom. The number of amides is 1. The van der Waals surface area contributed by atoms with Crippen molar-refractivity contribution in [2.24, 2.45) is 0 Å². The van der Waals surface area contributed by atoms with Gasteiger partial charge in [-0.2, -0.15) is 18.4 Å². The number of alkyl halides is 3. The first kappa shape index (κ1) is 23.2. The molecule has 0 radical (unpaired) electrons. The summed E-state index contributed by atoms with van der Waals surface area (Å²) in [6.07, 6.45) is -4.73. The molecule has 1 aliphatic rings. The molecule has 0 saturated heterocycles. The standard InChI is InChI=1S/C24H14F3N3O3S/c1-12-8-19(24(25,26)27)18(10-28)23(29-12)34-11-20(31)30-13-6-7-16-17(9-13)22(33)15-5-3-2-4-14(15)21(16)32/h2-9H,11H2,1H3,(H,30,31). The lowest BCUT2D eigenvalue weighted by Crippen LogP contribution is -2.21. The number of pyridine rings is 1. The summed E-state index contributed by atoms with van der Waals surface area (Å²) in [5.74, 6) is -1.55. The van der Waals surface area contributed by atoms with Crippen molar-refractivity contribution in [1.29, 1.82) is 5.26 Å². The molecular weight excluding hydrogens is 467 g/mol. The fraction of sp³-hybridized carbons (Fsp3) is 0.125. The van der Waals surface area contributed by atoms with E-state index in [1.165, 1.54) is 31.2 Å². The summed E-state index contributed by atoms with van der Waals surface area (Å²) < 4.78 is 39.8. The van der Waals surface area contributed by atoms with Gasteiger partial charge in [-0.25, -0.2) is 4.98 Å². The zero-order valence-corrected chi connectivity index (χ0v) is 18.3. The fourth-order valence-corrected chi connectivity index (χ4v) is 4.44. The third-order valence-electron chi connectivity index (χ3n) is 5.08. The zero-order chi connectivity index (χ0) is 24.6. The first-order chi connectivity index (χ1) is 16.1. The Kier molecular flexibility index (Phi) is 5.98. The highest BCUT2D eigenvalue weighted by molar-refractivity contribution is 8.00. The van der Waals surface area contributed by atoms with Crippen molar-refractivity contribution >= 4 is 34.9 Å². The molecule has 1 amide bonds. The number of benzene rings is 2. The van der Waals surface area contributed by atoms with Gasteiger partial charge in [-0.15, -0.1) is 0 Å². The number of anilines is 1. The average molecular weight is 481 g/mol. The van der Waals surface area contributed by atoms with Gasteiger partial charge in [0, 0.05) is 33.6 Å². The third kappa shape index (κ3) is 4.30. The Labute approximate surface area is 195 Å². The van der Waals surface area contributed by atoms with Gasteiger partial charge in [0.05, 0.1) is 16.9 Å². The van der Waals surface area contributed by atoms with Crippen LogP contribution in [0.5, 0.6) is 0 Å². The molecule has 4 rings (SSSR count). The predicted octanol–water partition coefficient (Wildman–Crippen LogP) is 4.79. The van der Waals surface area contributed by atoms with Gasteiger partial charge in [0.25, 0.3) is 0 Å². The van der Waals surface area contributed by atoms with E-state index in [9.17, 15) is 32.8 Å². The lowest BCUT2D eigenvalue weighted by Gasteiger charge is -2.18. The lowest BCUT2D eigenvalue weighted by atomic mass is 9.84. The van der Waals surface area contributed by atoms with Crippen molar-refractivity contribution in [3.8, 4) is 6.07 Å². The number of rotatable bonds is 4. The number of nitrogens with one attached hydrogen (secondary N) is 1. The van der Waals surface area contributed by atoms with Crippen molar-refractivity contribution in [1.82, 2.24) is 4.98 Å². The molecular formula is C24H14F3N3O3S. The van der Waals surface area contributed by atoms with Crippen molar-refractivity contribution in [3.05, 3.63) is 87.6 Å². The van der Waals surface area contributed by atoms with Gasteiger partial charge < -0.3 is 5.32 Å². The lowest BCUT2D eigenvalue weighted by molar-refractivity contribution is -0.138. The van der Waals surface area contributed by atoms with E-state index in [1.54, 1.807) is 24.3 Å².